The van der Waals surface area contributed by atoms with Crippen LogP contribution in [-0.4, -0.2) is 18.6 Å². The monoisotopic (exact) mass is 347 g/mol. The van der Waals surface area contributed by atoms with Gasteiger partial charge < -0.3 is 14.8 Å². The molecule has 4 nitrogen and oxygen atoms in total. The van der Waals surface area contributed by atoms with Gasteiger partial charge in [0, 0.05) is 4.47 Å². The lowest BCUT2D eigenvalue weighted by molar-refractivity contribution is -0.125. The zero-order chi connectivity index (χ0) is 14.8. The fourth-order valence-corrected chi connectivity index (χ4v) is 2.68. The quantitative estimate of drug-likeness (QED) is 0.903. The largest absolute Gasteiger partial charge is 0.485 e. The Morgan fingerprint density at radius 3 is 2.76 bits per heavy atom. The SMILES string of the molecule is Cc1ccc(NC(=O)[C@@H]2COc3ccccc3O2)c(Br)c1. The summed E-state index contributed by atoms with van der Waals surface area (Å²) >= 11 is 3.44. The maximum atomic E-state index is 12.3. The number of hydrogen-bond acceptors (Lipinski definition) is 3. The summed E-state index contributed by atoms with van der Waals surface area (Å²) in [5.74, 6) is 1.03. The number of rotatable bonds is 2. The lowest BCUT2D eigenvalue weighted by Crippen LogP contribution is -2.40. The zero-order valence-electron chi connectivity index (χ0n) is 11.4. The molecule has 0 bridgehead atoms. The average Bonchev–Trinajstić information content (AvgIpc) is 2.49. The van der Waals surface area contributed by atoms with Crippen LogP contribution in [0.1, 0.15) is 5.56 Å². The molecule has 2 aromatic carbocycles. The van der Waals surface area contributed by atoms with Crippen LogP contribution in [0.25, 0.3) is 0 Å². The number of carbonyl (C=O) groups is 1. The van der Waals surface area contributed by atoms with Gasteiger partial charge in [-0.1, -0.05) is 18.2 Å². The molecule has 108 valence electrons. The van der Waals surface area contributed by atoms with Gasteiger partial charge in [-0.3, -0.25) is 4.79 Å². The first kappa shape index (κ1) is 13.9. The van der Waals surface area contributed by atoms with Crippen LogP contribution < -0.4 is 14.8 Å². The molecule has 1 aliphatic heterocycles. The average molecular weight is 348 g/mol. The van der Waals surface area contributed by atoms with Crippen LogP contribution in [0.15, 0.2) is 46.9 Å². The molecule has 0 saturated heterocycles. The highest BCUT2D eigenvalue weighted by Gasteiger charge is 2.27. The predicted octanol–water partition coefficient (Wildman–Crippen LogP) is 3.54. The second-order valence-electron chi connectivity index (χ2n) is 4.84. The van der Waals surface area contributed by atoms with Crippen molar-refractivity contribution in [2.24, 2.45) is 0 Å². The van der Waals surface area contributed by atoms with E-state index >= 15 is 0 Å². The van der Waals surface area contributed by atoms with Crippen molar-refractivity contribution in [3.8, 4) is 11.5 Å². The predicted molar refractivity (Wildman–Crippen MR) is 83.9 cm³/mol. The number of nitrogens with one attached hydrogen (secondary N) is 1. The third-order valence-electron chi connectivity index (χ3n) is 3.18. The smallest absolute Gasteiger partial charge is 0.269 e. The molecule has 0 fully saturated rings. The van der Waals surface area contributed by atoms with Crippen LogP contribution in [-0.2, 0) is 4.79 Å². The second-order valence-corrected chi connectivity index (χ2v) is 5.69. The summed E-state index contributed by atoms with van der Waals surface area (Å²) in [6.07, 6.45) is -0.659. The summed E-state index contributed by atoms with van der Waals surface area (Å²) in [4.78, 5) is 12.3. The molecule has 5 heteroatoms. The number of para-hydroxylation sites is 2. The highest BCUT2D eigenvalue weighted by Crippen LogP contribution is 2.31. The van der Waals surface area contributed by atoms with E-state index < -0.39 is 6.10 Å². The standard InChI is InChI=1S/C16H14BrNO3/c1-10-6-7-12(11(17)8-10)18-16(19)15-9-20-13-4-2-3-5-14(13)21-15/h2-8,15H,9H2,1H3,(H,18,19)/t15-/m0/s1. The van der Waals surface area contributed by atoms with Crippen LogP contribution in [0.5, 0.6) is 11.5 Å². The Bertz CT molecular complexity index is 687. The van der Waals surface area contributed by atoms with Gasteiger partial charge in [0.2, 0.25) is 6.10 Å². The Hall–Kier alpha value is -2.01. The van der Waals surface area contributed by atoms with Crippen molar-refractivity contribution in [1.29, 1.82) is 0 Å². The van der Waals surface area contributed by atoms with Crippen molar-refractivity contribution in [1.82, 2.24) is 0 Å². The fourth-order valence-electron chi connectivity index (χ4n) is 2.08. The number of aryl methyl sites for hydroxylation is 1. The number of ether oxygens (including phenoxy) is 2. The lowest BCUT2D eigenvalue weighted by Gasteiger charge is -2.25. The van der Waals surface area contributed by atoms with E-state index in [0.29, 0.717) is 17.2 Å². The Morgan fingerprint density at radius 2 is 2.00 bits per heavy atom. The molecular formula is C16H14BrNO3. The van der Waals surface area contributed by atoms with E-state index in [9.17, 15) is 4.79 Å². The first-order valence-corrected chi connectivity index (χ1v) is 7.38. The van der Waals surface area contributed by atoms with E-state index in [1.165, 1.54) is 0 Å². The molecule has 0 spiro atoms. The van der Waals surface area contributed by atoms with Crippen molar-refractivity contribution in [3.05, 3.63) is 52.5 Å². The molecule has 1 N–H and O–H groups in total. The number of anilines is 1. The number of fused-ring (bicyclic) bond motifs is 1. The summed E-state index contributed by atoms with van der Waals surface area (Å²) in [5, 5.41) is 2.85. The Labute approximate surface area is 131 Å². The van der Waals surface area contributed by atoms with Crippen LogP contribution in [0, 0.1) is 6.92 Å². The van der Waals surface area contributed by atoms with Gasteiger partial charge in [0.15, 0.2) is 11.5 Å². The number of benzene rings is 2. The molecule has 0 aromatic heterocycles. The third-order valence-corrected chi connectivity index (χ3v) is 3.84. The first-order chi connectivity index (χ1) is 10.1. The summed E-state index contributed by atoms with van der Waals surface area (Å²) in [6, 6.07) is 13.1. The highest BCUT2D eigenvalue weighted by molar-refractivity contribution is 9.10. The molecule has 1 aliphatic rings. The van der Waals surface area contributed by atoms with Crippen LogP contribution >= 0.6 is 15.9 Å². The Kier molecular flexibility index (Phi) is 3.84. The maximum absolute atomic E-state index is 12.3. The molecular weight excluding hydrogens is 334 g/mol. The van der Waals surface area contributed by atoms with Gasteiger partial charge in [-0.25, -0.2) is 0 Å². The number of carbonyl (C=O) groups excluding carboxylic acids is 1. The second kappa shape index (κ2) is 5.77. The first-order valence-electron chi connectivity index (χ1n) is 6.59. The van der Waals surface area contributed by atoms with Gasteiger partial charge in [-0.05, 0) is 52.7 Å². The van der Waals surface area contributed by atoms with Crippen LogP contribution in [0.2, 0.25) is 0 Å². The van der Waals surface area contributed by atoms with E-state index in [1.54, 1.807) is 6.07 Å². The summed E-state index contributed by atoms with van der Waals surface area (Å²) in [7, 11) is 0. The van der Waals surface area contributed by atoms with Crippen molar-refractivity contribution >= 4 is 27.5 Å². The summed E-state index contributed by atoms with van der Waals surface area (Å²) in [5.41, 5.74) is 1.83. The molecule has 3 rings (SSSR count). The van der Waals surface area contributed by atoms with E-state index in [-0.39, 0.29) is 12.5 Å². The van der Waals surface area contributed by atoms with Crippen molar-refractivity contribution in [2.75, 3.05) is 11.9 Å². The molecule has 0 aliphatic carbocycles. The third kappa shape index (κ3) is 3.03. The van der Waals surface area contributed by atoms with Gasteiger partial charge in [0.05, 0.1) is 5.69 Å². The maximum Gasteiger partial charge on any atom is 0.269 e. The molecule has 0 radical (unpaired) electrons. The minimum Gasteiger partial charge on any atom is -0.485 e. The minimum absolute atomic E-state index is 0.201. The van der Waals surface area contributed by atoms with Gasteiger partial charge in [0.1, 0.15) is 6.61 Å². The molecule has 1 amide bonds. The Morgan fingerprint density at radius 1 is 1.24 bits per heavy atom. The van der Waals surface area contributed by atoms with Gasteiger partial charge in [-0.2, -0.15) is 0 Å². The van der Waals surface area contributed by atoms with E-state index in [2.05, 4.69) is 21.2 Å². The minimum atomic E-state index is -0.659. The molecule has 0 saturated carbocycles. The van der Waals surface area contributed by atoms with Crippen molar-refractivity contribution in [3.63, 3.8) is 0 Å². The normalized spacial score (nSPS) is 16.4. The van der Waals surface area contributed by atoms with Gasteiger partial charge in [0.25, 0.3) is 5.91 Å². The van der Waals surface area contributed by atoms with Crippen molar-refractivity contribution in [2.45, 2.75) is 13.0 Å². The van der Waals surface area contributed by atoms with E-state index in [4.69, 9.17) is 9.47 Å². The van der Waals surface area contributed by atoms with Gasteiger partial charge in [-0.15, -0.1) is 0 Å². The zero-order valence-corrected chi connectivity index (χ0v) is 13.0. The summed E-state index contributed by atoms with van der Waals surface area (Å²) < 4.78 is 12.1. The molecule has 0 unspecified atom stereocenters. The molecule has 21 heavy (non-hydrogen) atoms. The molecule has 1 atom stereocenters. The number of amides is 1. The lowest BCUT2D eigenvalue weighted by atomic mass is 10.2. The summed E-state index contributed by atoms with van der Waals surface area (Å²) in [6.45, 7) is 2.19. The van der Waals surface area contributed by atoms with Crippen LogP contribution in [0.3, 0.4) is 0 Å². The Balaban J connectivity index is 1.72. The van der Waals surface area contributed by atoms with Gasteiger partial charge >= 0.3 is 0 Å². The topological polar surface area (TPSA) is 47.6 Å². The fraction of sp³-hybridized carbons (Fsp3) is 0.188. The molecule has 1 heterocycles. The van der Waals surface area contributed by atoms with E-state index in [0.717, 1.165) is 10.0 Å². The number of hydrogen-bond donors (Lipinski definition) is 1. The molecule has 2 aromatic rings. The van der Waals surface area contributed by atoms with E-state index in [1.807, 2.05) is 43.3 Å². The van der Waals surface area contributed by atoms with Crippen molar-refractivity contribution < 1.29 is 14.3 Å². The number of halogens is 1. The van der Waals surface area contributed by atoms with Crippen LogP contribution in [0.4, 0.5) is 5.69 Å². The highest BCUT2D eigenvalue weighted by atomic mass is 79.9.